The van der Waals surface area contributed by atoms with E-state index < -0.39 is 0 Å². The van der Waals surface area contributed by atoms with Gasteiger partial charge in [-0.05, 0) is 49.8 Å². The Kier molecular flexibility index (Phi) is 4.43. The Labute approximate surface area is 105 Å². The molecule has 2 N–H and O–H groups in total. The van der Waals surface area contributed by atoms with Crippen molar-refractivity contribution in [1.29, 1.82) is 0 Å². The van der Waals surface area contributed by atoms with Crippen LogP contribution in [0.25, 0.3) is 0 Å². The van der Waals surface area contributed by atoms with Gasteiger partial charge in [-0.2, -0.15) is 0 Å². The number of benzene rings is 1. The number of hydrogen-bond acceptors (Lipinski definition) is 2. The molecule has 0 saturated carbocycles. The largest absolute Gasteiger partial charge is 0.371 e. The molecule has 1 aliphatic rings. The zero-order chi connectivity index (χ0) is 12.1. The van der Waals surface area contributed by atoms with E-state index in [-0.39, 0.29) is 0 Å². The lowest BCUT2D eigenvalue weighted by Gasteiger charge is -2.25. The number of nitrogens with zero attached hydrogens (tertiary/aromatic N) is 1. The molecule has 94 valence electrons. The van der Waals surface area contributed by atoms with Gasteiger partial charge in [0, 0.05) is 18.8 Å². The molecule has 2 heteroatoms. The monoisotopic (exact) mass is 232 g/mol. The van der Waals surface area contributed by atoms with Gasteiger partial charge in [0.2, 0.25) is 0 Å². The average molecular weight is 232 g/mol. The lowest BCUT2D eigenvalue weighted by molar-refractivity contribution is 0.521. The molecule has 1 fully saturated rings. The zero-order valence-electron chi connectivity index (χ0n) is 10.9. The number of rotatable bonds is 3. The standard InChI is InChI=1S/C15H24N2/c1-13-5-4-11-17(12-9-13)15-7-3-2-6-14(15)8-10-16/h2-3,6-7,13H,4-5,8-12,16H2,1H3. The van der Waals surface area contributed by atoms with Crippen LogP contribution in [0.5, 0.6) is 0 Å². The molecular weight excluding hydrogens is 208 g/mol. The molecule has 0 aromatic heterocycles. The molecule has 17 heavy (non-hydrogen) atoms. The molecule has 0 bridgehead atoms. The van der Waals surface area contributed by atoms with Crippen molar-refractivity contribution in [3.63, 3.8) is 0 Å². The molecule has 1 aromatic rings. The summed E-state index contributed by atoms with van der Waals surface area (Å²) in [6.07, 6.45) is 4.99. The highest BCUT2D eigenvalue weighted by atomic mass is 15.1. The van der Waals surface area contributed by atoms with E-state index in [1.165, 1.54) is 43.6 Å². The molecule has 1 aromatic carbocycles. The van der Waals surface area contributed by atoms with Gasteiger partial charge in [0.25, 0.3) is 0 Å². The van der Waals surface area contributed by atoms with E-state index in [2.05, 4.69) is 36.1 Å². The van der Waals surface area contributed by atoms with Crippen LogP contribution in [0.4, 0.5) is 5.69 Å². The molecule has 1 unspecified atom stereocenters. The van der Waals surface area contributed by atoms with Crippen LogP contribution in [0, 0.1) is 5.92 Å². The Hall–Kier alpha value is -1.02. The maximum Gasteiger partial charge on any atom is 0.0399 e. The fourth-order valence-corrected chi connectivity index (χ4v) is 2.69. The van der Waals surface area contributed by atoms with Crippen molar-refractivity contribution < 1.29 is 0 Å². The summed E-state index contributed by atoms with van der Waals surface area (Å²) < 4.78 is 0. The van der Waals surface area contributed by atoms with Gasteiger partial charge in [-0.15, -0.1) is 0 Å². The Morgan fingerprint density at radius 3 is 2.88 bits per heavy atom. The molecule has 2 nitrogen and oxygen atoms in total. The predicted molar refractivity (Wildman–Crippen MR) is 74.4 cm³/mol. The highest BCUT2D eigenvalue weighted by molar-refractivity contribution is 5.53. The van der Waals surface area contributed by atoms with E-state index in [4.69, 9.17) is 5.73 Å². The van der Waals surface area contributed by atoms with Crippen molar-refractivity contribution in [3.8, 4) is 0 Å². The Balaban J connectivity index is 2.14. The quantitative estimate of drug-likeness (QED) is 0.868. The molecule has 1 atom stereocenters. The maximum absolute atomic E-state index is 5.69. The van der Waals surface area contributed by atoms with Crippen LogP contribution in [0.3, 0.4) is 0 Å². The number of hydrogen-bond donors (Lipinski definition) is 1. The Morgan fingerprint density at radius 1 is 1.24 bits per heavy atom. The van der Waals surface area contributed by atoms with E-state index in [1.807, 2.05) is 0 Å². The summed E-state index contributed by atoms with van der Waals surface area (Å²) >= 11 is 0. The highest BCUT2D eigenvalue weighted by Gasteiger charge is 2.15. The van der Waals surface area contributed by atoms with Crippen LogP contribution in [0.15, 0.2) is 24.3 Å². The van der Waals surface area contributed by atoms with E-state index in [9.17, 15) is 0 Å². The van der Waals surface area contributed by atoms with Crippen molar-refractivity contribution in [1.82, 2.24) is 0 Å². The minimum absolute atomic E-state index is 0.737. The third-order valence-electron chi connectivity index (χ3n) is 3.76. The maximum atomic E-state index is 5.69. The summed E-state index contributed by atoms with van der Waals surface area (Å²) in [5.41, 5.74) is 8.51. The van der Waals surface area contributed by atoms with Gasteiger partial charge in [0.15, 0.2) is 0 Å². The minimum atomic E-state index is 0.737. The van der Waals surface area contributed by atoms with E-state index in [0.717, 1.165) is 18.9 Å². The second-order valence-corrected chi connectivity index (χ2v) is 5.19. The normalized spacial score (nSPS) is 21.3. The Bertz CT molecular complexity index is 349. The van der Waals surface area contributed by atoms with Gasteiger partial charge in [-0.3, -0.25) is 0 Å². The van der Waals surface area contributed by atoms with E-state index >= 15 is 0 Å². The van der Waals surface area contributed by atoms with Crippen LogP contribution < -0.4 is 10.6 Å². The molecule has 0 spiro atoms. The SMILES string of the molecule is CC1CCCN(c2ccccc2CCN)CC1. The highest BCUT2D eigenvalue weighted by Crippen LogP contribution is 2.25. The summed E-state index contributed by atoms with van der Waals surface area (Å²) in [6, 6.07) is 8.73. The molecule has 0 radical (unpaired) electrons. The first-order chi connectivity index (χ1) is 8.31. The lowest BCUT2D eigenvalue weighted by Crippen LogP contribution is -2.25. The summed E-state index contributed by atoms with van der Waals surface area (Å²) in [7, 11) is 0. The molecule has 2 rings (SSSR count). The summed E-state index contributed by atoms with van der Waals surface area (Å²) in [4.78, 5) is 2.55. The zero-order valence-corrected chi connectivity index (χ0v) is 10.9. The van der Waals surface area contributed by atoms with Crippen molar-refractivity contribution in [2.24, 2.45) is 11.7 Å². The molecule has 1 saturated heterocycles. The van der Waals surface area contributed by atoms with Gasteiger partial charge in [0.1, 0.15) is 0 Å². The van der Waals surface area contributed by atoms with Crippen molar-refractivity contribution >= 4 is 5.69 Å². The summed E-state index contributed by atoms with van der Waals surface area (Å²) in [5.74, 6) is 0.877. The van der Waals surface area contributed by atoms with Crippen molar-refractivity contribution in [3.05, 3.63) is 29.8 Å². The van der Waals surface area contributed by atoms with Crippen LogP contribution in [0.1, 0.15) is 31.7 Å². The van der Waals surface area contributed by atoms with Gasteiger partial charge in [0.05, 0.1) is 0 Å². The third kappa shape index (κ3) is 3.22. The van der Waals surface area contributed by atoms with Gasteiger partial charge in [-0.25, -0.2) is 0 Å². The fourth-order valence-electron chi connectivity index (χ4n) is 2.69. The Morgan fingerprint density at radius 2 is 2.06 bits per heavy atom. The predicted octanol–water partition coefficient (Wildman–Crippen LogP) is 2.81. The number of anilines is 1. The molecule has 0 amide bonds. The first-order valence-electron chi connectivity index (χ1n) is 6.84. The minimum Gasteiger partial charge on any atom is -0.371 e. The van der Waals surface area contributed by atoms with Gasteiger partial charge >= 0.3 is 0 Å². The number of para-hydroxylation sites is 1. The second kappa shape index (κ2) is 6.06. The molecule has 0 aliphatic carbocycles. The van der Waals surface area contributed by atoms with Crippen molar-refractivity contribution in [2.45, 2.75) is 32.6 Å². The van der Waals surface area contributed by atoms with Crippen molar-refractivity contribution in [2.75, 3.05) is 24.5 Å². The van der Waals surface area contributed by atoms with E-state index in [0.29, 0.717) is 0 Å². The van der Waals surface area contributed by atoms with Crippen LogP contribution in [-0.4, -0.2) is 19.6 Å². The van der Waals surface area contributed by atoms with Crippen LogP contribution in [-0.2, 0) is 6.42 Å². The first kappa shape index (κ1) is 12.4. The summed E-state index contributed by atoms with van der Waals surface area (Å²) in [5, 5.41) is 0. The lowest BCUT2D eigenvalue weighted by atomic mass is 10.0. The topological polar surface area (TPSA) is 29.3 Å². The van der Waals surface area contributed by atoms with Crippen LogP contribution in [0.2, 0.25) is 0 Å². The third-order valence-corrected chi connectivity index (χ3v) is 3.76. The molecular formula is C15H24N2. The smallest absolute Gasteiger partial charge is 0.0399 e. The number of nitrogens with two attached hydrogens (primary N) is 1. The van der Waals surface area contributed by atoms with E-state index in [1.54, 1.807) is 0 Å². The van der Waals surface area contributed by atoms with Gasteiger partial charge in [-0.1, -0.05) is 25.1 Å². The molecule has 1 aliphatic heterocycles. The second-order valence-electron chi connectivity index (χ2n) is 5.19. The fraction of sp³-hybridized carbons (Fsp3) is 0.600. The average Bonchev–Trinajstić information content (AvgIpc) is 2.55. The van der Waals surface area contributed by atoms with Gasteiger partial charge < -0.3 is 10.6 Å². The first-order valence-corrected chi connectivity index (χ1v) is 6.84. The van der Waals surface area contributed by atoms with Crippen LogP contribution >= 0.6 is 0 Å². The summed E-state index contributed by atoms with van der Waals surface area (Å²) in [6.45, 7) is 5.51. The molecule has 1 heterocycles.